The summed E-state index contributed by atoms with van der Waals surface area (Å²) < 4.78 is 0. The average molecular weight is 249 g/mol. The van der Waals surface area contributed by atoms with Crippen LogP contribution in [0.5, 0.6) is 0 Å². The fourth-order valence-electron chi connectivity index (χ4n) is 2.60. The summed E-state index contributed by atoms with van der Waals surface area (Å²) in [6.07, 6.45) is 3.83. The number of aromatic nitrogens is 1. The third-order valence-electron chi connectivity index (χ3n) is 3.64. The Morgan fingerprint density at radius 1 is 1.05 bits per heavy atom. The van der Waals surface area contributed by atoms with Gasteiger partial charge >= 0.3 is 0 Å². The van der Waals surface area contributed by atoms with Crippen molar-refractivity contribution in [1.82, 2.24) is 4.98 Å². The van der Waals surface area contributed by atoms with E-state index < -0.39 is 0 Å². The smallest absolute Gasteiger partial charge is 0.142 e. The first-order valence-corrected chi connectivity index (χ1v) is 6.55. The minimum Gasteiger partial charge on any atom is -0.371 e. The first-order valence-electron chi connectivity index (χ1n) is 6.55. The van der Waals surface area contributed by atoms with Gasteiger partial charge in [0.25, 0.3) is 0 Å². The minimum absolute atomic E-state index is 0.485. The second-order valence-electron chi connectivity index (χ2n) is 4.77. The maximum atomic E-state index is 8.93. The summed E-state index contributed by atoms with van der Waals surface area (Å²) in [5.41, 5.74) is 4.47. The molecule has 1 aliphatic rings. The molecule has 3 heteroatoms. The molecule has 0 fully saturated rings. The quantitative estimate of drug-likeness (QED) is 0.779. The van der Waals surface area contributed by atoms with Gasteiger partial charge in [0.2, 0.25) is 0 Å². The van der Waals surface area contributed by atoms with E-state index in [2.05, 4.69) is 40.2 Å². The second kappa shape index (κ2) is 5.11. The fourth-order valence-corrected chi connectivity index (χ4v) is 2.60. The summed E-state index contributed by atoms with van der Waals surface area (Å²) in [5.74, 6) is 0. The maximum absolute atomic E-state index is 8.93. The van der Waals surface area contributed by atoms with E-state index in [4.69, 9.17) is 5.26 Å². The van der Waals surface area contributed by atoms with Crippen LogP contribution in [0.4, 0.5) is 5.69 Å². The molecular weight excluding hydrogens is 234 g/mol. The summed E-state index contributed by atoms with van der Waals surface area (Å²) in [7, 11) is 0. The molecule has 2 heterocycles. The third kappa shape index (κ3) is 2.43. The first-order chi connectivity index (χ1) is 9.36. The molecule has 0 unspecified atom stereocenters. The van der Waals surface area contributed by atoms with Crippen molar-refractivity contribution in [2.45, 2.75) is 12.8 Å². The van der Waals surface area contributed by atoms with E-state index in [1.807, 2.05) is 12.1 Å². The number of nitrogens with zero attached hydrogens (tertiary/aromatic N) is 3. The zero-order valence-corrected chi connectivity index (χ0v) is 10.7. The number of rotatable bonds is 1. The second-order valence-corrected chi connectivity index (χ2v) is 4.77. The van der Waals surface area contributed by atoms with Crippen LogP contribution in [0, 0.1) is 11.3 Å². The standard InChI is InChI=1S/C16H15N3/c17-12-15-11-16(5-8-18-15)19-9-6-13-3-1-2-4-14(13)7-10-19/h1-5,8,11H,6-7,9-10H2. The highest BCUT2D eigenvalue weighted by molar-refractivity contribution is 5.50. The Balaban J connectivity index is 1.84. The van der Waals surface area contributed by atoms with Crippen molar-refractivity contribution >= 4 is 5.69 Å². The van der Waals surface area contributed by atoms with Crippen LogP contribution in [-0.2, 0) is 12.8 Å². The SMILES string of the molecule is N#Cc1cc(N2CCc3ccccc3CC2)ccn1. The molecule has 0 spiro atoms. The number of hydrogen-bond donors (Lipinski definition) is 0. The Bertz CT molecular complexity index is 601. The molecule has 19 heavy (non-hydrogen) atoms. The highest BCUT2D eigenvalue weighted by atomic mass is 15.1. The molecule has 0 N–H and O–H groups in total. The van der Waals surface area contributed by atoms with Crippen molar-refractivity contribution < 1.29 is 0 Å². The lowest BCUT2D eigenvalue weighted by molar-refractivity contribution is 0.804. The van der Waals surface area contributed by atoms with Crippen LogP contribution in [0.1, 0.15) is 16.8 Å². The molecule has 94 valence electrons. The van der Waals surface area contributed by atoms with Gasteiger partial charge in [-0.2, -0.15) is 5.26 Å². The van der Waals surface area contributed by atoms with Crippen LogP contribution in [0.15, 0.2) is 42.6 Å². The van der Waals surface area contributed by atoms with Gasteiger partial charge in [-0.25, -0.2) is 4.98 Å². The van der Waals surface area contributed by atoms with Gasteiger partial charge in [0.1, 0.15) is 11.8 Å². The van der Waals surface area contributed by atoms with Gasteiger partial charge < -0.3 is 4.90 Å². The average Bonchev–Trinajstić information content (AvgIpc) is 2.70. The van der Waals surface area contributed by atoms with Gasteiger partial charge in [0.05, 0.1) is 0 Å². The lowest BCUT2D eigenvalue weighted by Gasteiger charge is -2.22. The molecule has 0 saturated carbocycles. The summed E-state index contributed by atoms with van der Waals surface area (Å²) in [6.45, 7) is 1.98. The molecule has 0 radical (unpaired) electrons. The predicted octanol–water partition coefficient (Wildman–Crippen LogP) is 2.56. The van der Waals surface area contributed by atoms with Crippen molar-refractivity contribution in [3.05, 3.63) is 59.4 Å². The first kappa shape index (κ1) is 11.7. The lowest BCUT2D eigenvalue weighted by Crippen LogP contribution is -2.26. The zero-order chi connectivity index (χ0) is 13.1. The van der Waals surface area contributed by atoms with E-state index in [1.165, 1.54) is 11.1 Å². The molecule has 2 aromatic rings. The van der Waals surface area contributed by atoms with Gasteiger partial charge in [-0.15, -0.1) is 0 Å². The van der Waals surface area contributed by atoms with Gasteiger partial charge in [-0.3, -0.25) is 0 Å². The molecule has 0 bridgehead atoms. The van der Waals surface area contributed by atoms with E-state index >= 15 is 0 Å². The van der Waals surface area contributed by atoms with Crippen molar-refractivity contribution in [2.75, 3.05) is 18.0 Å². The van der Waals surface area contributed by atoms with Crippen LogP contribution in [0.2, 0.25) is 0 Å². The Morgan fingerprint density at radius 2 is 1.74 bits per heavy atom. The minimum atomic E-state index is 0.485. The molecule has 1 aromatic heterocycles. The highest BCUT2D eigenvalue weighted by Gasteiger charge is 2.14. The summed E-state index contributed by atoms with van der Waals surface area (Å²) in [4.78, 5) is 6.36. The summed E-state index contributed by atoms with van der Waals surface area (Å²) in [6, 6.07) is 14.6. The highest BCUT2D eigenvalue weighted by Crippen LogP contribution is 2.21. The third-order valence-corrected chi connectivity index (χ3v) is 3.64. The normalized spacial score (nSPS) is 14.4. The van der Waals surface area contributed by atoms with E-state index in [1.54, 1.807) is 6.20 Å². The summed E-state index contributed by atoms with van der Waals surface area (Å²) in [5, 5.41) is 8.93. The number of pyridine rings is 1. The maximum Gasteiger partial charge on any atom is 0.142 e. The number of benzene rings is 1. The predicted molar refractivity (Wildman–Crippen MR) is 75.0 cm³/mol. The van der Waals surface area contributed by atoms with Crippen LogP contribution in [-0.4, -0.2) is 18.1 Å². The molecular formula is C16H15N3. The molecule has 3 nitrogen and oxygen atoms in total. The van der Waals surface area contributed by atoms with Gasteiger partial charge in [-0.05, 0) is 36.1 Å². The van der Waals surface area contributed by atoms with Crippen LogP contribution < -0.4 is 4.90 Å². The lowest BCUT2D eigenvalue weighted by atomic mass is 10.0. The van der Waals surface area contributed by atoms with Crippen molar-refractivity contribution in [1.29, 1.82) is 5.26 Å². The fraction of sp³-hybridized carbons (Fsp3) is 0.250. The van der Waals surface area contributed by atoms with Crippen LogP contribution in [0.25, 0.3) is 0 Å². The van der Waals surface area contributed by atoms with E-state index in [9.17, 15) is 0 Å². The zero-order valence-electron chi connectivity index (χ0n) is 10.7. The Labute approximate surface area is 113 Å². The van der Waals surface area contributed by atoms with Gasteiger partial charge in [0, 0.05) is 25.0 Å². The van der Waals surface area contributed by atoms with Crippen molar-refractivity contribution in [3.8, 4) is 6.07 Å². The molecule has 0 atom stereocenters. The van der Waals surface area contributed by atoms with E-state index in [0.29, 0.717) is 5.69 Å². The summed E-state index contributed by atoms with van der Waals surface area (Å²) >= 11 is 0. The van der Waals surface area contributed by atoms with Crippen molar-refractivity contribution in [2.24, 2.45) is 0 Å². The molecule has 0 amide bonds. The van der Waals surface area contributed by atoms with Gasteiger partial charge in [-0.1, -0.05) is 24.3 Å². The number of nitriles is 1. The van der Waals surface area contributed by atoms with Crippen LogP contribution in [0.3, 0.4) is 0 Å². The largest absolute Gasteiger partial charge is 0.371 e. The number of hydrogen-bond acceptors (Lipinski definition) is 3. The topological polar surface area (TPSA) is 39.9 Å². The van der Waals surface area contributed by atoms with Gasteiger partial charge in [0.15, 0.2) is 0 Å². The molecule has 3 rings (SSSR count). The van der Waals surface area contributed by atoms with Crippen molar-refractivity contribution in [3.63, 3.8) is 0 Å². The number of fused-ring (bicyclic) bond motifs is 1. The van der Waals surface area contributed by atoms with E-state index in [-0.39, 0.29) is 0 Å². The molecule has 0 saturated heterocycles. The van der Waals surface area contributed by atoms with E-state index in [0.717, 1.165) is 31.6 Å². The Kier molecular flexibility index (Phi) is 3.16. The Hall–Kier alpha value is -2.34. The molecule has 0 aliphatic carbocycles. The Morgan fingerprint density at radius 3 is 2.37 bits per heavy atom. The number of anilines is 1. The monoisotopic (exact) mass is 249 g/mol. The molecule has 1 aromatic carbocycles. The molecule has 1 aliphatic heterocycles. The van der Waals surface area contributed by atoms with Crippen LogP contribution >= 0.6 is 0 Å².